The van der Waals surface area contributed by atoms with Crippen molar-refractivity contribution in [2.75, 3.05) is 19.0 Å². The first-order valence-corrected chi connectivity index (χ1v) is 8.22. The molecule has 2 aromatic rings. The van der Waals surface area contributed by atoms with Crippen LogP contribution in [0.4, 0.5) is 5.82 Å². The fourth-order valence-electron chi connectivity index (χ4n) is 4.50. The van der Waals surface area contributed by atoms with E-state index in [0.29, 0.717) is 5.92 Å². The molecule has 7 nitrogen and oxygen atoms in total. The van der Waals surface area contributed by atoms with Gasteiger partial charge in [0.1, 0.15) is 12.1 Å². The van der Waals surface area contributed by atoms with Gasteiger partial charge in [0.15, 0.2) is 17.6 Å². The summed E-state index contributed by atoms with van der Waals surface area (Å²) in [6, 6.07) is 0.280. The Morgan fingerprint density at radius 1 is 1.26 bits per heavy atom. The van der Waals surface area contributed by atoms with E-state index in [2.05, 4.69) is 19.1 Å². The van der Waals surface area contributed by atoms with Crippen molar-refractivity contribution in [1.82, 2.24) is 14.5 Å². The summed E-state index contributed by atoms with van der Waals surface area (Å²) in [5.74, 6) is 0.861. The Labute approximate surface area is 134 Å². The zero-order valence-corrected chi connectivity index (χ0v) is 13.9. The molecule has 2 aromatic heterocycles. The molecule has 3 aliphatic rings. The molecule has 0 amide bonds. The van der Waals surface area contributed by atoms with Crippen LogP contribution in [0.3, 0.4) is 0 Å². The molecule has 0 spiro atoms. The Hall–Kier alpha value is -1.73. The Balaban J connectivity index is 1.70. The highest BCUT2D eigenvalue weighted by Crippen LogP contribution is 2.48. The number of imidazole rings is 1. The van der Waals surface area contributed by atoms with Gasteiger partial charge in [-0.25, -0.2) is 14.1 Å². The first-order valence-electron chi connectivity index (χ1n) is 8.22. The molecule has 0 unspecified atom stereocenters. The lowest BCUT2D eigenvalue weighted by atomic mass is 10.1. The first-order chi connectivity index (χ1) is 10.9. The molecule has 122 valence electrons. The molecule has 0 N–H and O–H groups in total. The van der Waals surface area contributed by atoms with E-state index in [9.17, 15) is 0 Å². The van der Waals surface area contributed by atoms with E-state index < -0.39 is 5.79 Å². The average Bonchev–Trinajstić information content (AvgIpc) is 3.07. The minimum atomic E-state index is -0.500. The van der Waals surface area contributed by atoms with Crippen LogP contribution in [0.1, 0.15) is 26.3 Å². The van der Waals surface area contributed by atoms with E-state index in [4.69, 9.17) is 9.47 Å². The van der Waals surface area contributed by atoms with Gasteiger partial charge in [-0.15, -0.1) is 0 Å². The fourth-order valence-corrected chi connectivity index (χ4v) is 4.50. The summed E-state index contributed by atoms with van der Waals surface area (Å²) in [6.45, 7) is 4.92. The van der Waals surface area contributed by atoms with E-state index in [1.165, 1.54) is 0 Å². The normalized spacial score (nSPS) is 33.7. The predicted molar refractivity (Wildman–Crippen MR) is 83.0 cm³/mol. The zero-order valence-electron chi connectivity index (χ0n) is 13.9. The van der Waals surface area contributed by atoms with Crippen LogP contribution < -0.4 is 9.47 Å². The van der Waals surface area contributed by atoms with Crippen molar-refractivity contribution in [3.8, 4) is 0 Å². The number of hydrogen-bond acceptors (Lipinski definition) is 5. The number of hydrogen-bond donors (Lipinski definition) is 0. The smallest absolute Gasteiger partial charge is 0.261 e. The summed E-state index contributed by atoms with van der Waals surface area (Å²) in [5.41, 5.74) is 2.10. The van der Waals surface area contributed by atoms with Gasteiger partial charge in [0, 0.05) is 20.0 Å². The summed E-state index contributed by atoms with van der Waals surface area (Å²) in [6.07, 6.45) is 5.21. The second kappa shape index (κ2) is 4.21. The molecular formula is C16H22N5O2+. The Morgan fingerprint density at radius 3 is 2.83 bits per heavy atom. The van der Waals surface area contributed by atoms with Crippen molar-refractivity contribution in [2.45, 2.75) is 50.8 Å². The maximum Gasteiger partial charge on any atom is 0.261 e. The maximum atomic E-state index is 6.23. The van der Waals surface area contributed by atoms with Gasteiger partial charge < -0.3 is 14.4 Å². The van der Waals surface area contributed by atoms with E-state index >= 15 is 0 Å². The number of rotatable bonds is 1. The predicted octanol–water partition coefficient (Wildman–Crippen LogP) is 0.879. The molecule has 1 aliphatic carbocycles. The molecule has 4 atom stereocenters. The van der Waals surface area contributed by atoms with Crippen LogP contribution in [0.15, 0.2) is 12.7 Å². The van der Waals surface area contributed by atoms with E-state index in [0.717, 1.165) is 29.9 Å². The van der Waals surface area contributed by atoms with Crippen LogP contribution in [0.2, 0.25) is 0 Å². The lowest BCUT2D eigenvalue weighted by Crippen LogP contribution is -2.44. The van der Waals surface area contributed by atoms with Crippen LogP contribution in [-0.2, 0) is 16.0 Å². The van der Waals surface area contributed by atoms with Crippen LogP contribution in [0.5, 0.6) is 0 Å². The summed E-state index contributed by atoms with van der Waals surface area (Å²) < 4.78 is 16.9. The highest BCUT2D eigenvalue weighted by Gasteiger charge is 2.57. The second-order valence-corrected chi connectivity index (χ2v) is 7.57. The van der Waals surface area contributed by atoms with Gasteiger partial charge in [-0.2, -0.15) is 0 Å². The largest absolute Gasteiger partial charge is 0.347 e. The lowest BCUT2D eigenvalue weighted by molar-refractivity contribution is -0.683. The van der Waals surface area contributed by atoms with Crippen LogP contribution in [0, 0.1) is 5.92 Å². The molecule has 2 aliphatic heterocycles. The van der Waals surface area contributed by atoms with E-state index in [-0.39, 0.29) is 18.2 Å². The maximum absolute atomic E-state index is 6.23. The van der Waals surface area contributed by atoms with Gasteiger partial charge in [-0.1, -0.05) is 4.98 Å². The molecule has 1 saturated carbocycles. The third-order valence-electron chi connectivity index (χ3n) is 5.33. The number of ether oxygens (including phenoxy) is 2. The molecule has 4 heterocycles. The SMILES string of the molecule is CN(C)c1nc[n+]2c3c1ncn3[C@@H]1C[C@H](C2)[C@H]2OC(C)(C)O[C@H]21. The van der Waals surface area contributed by atoms with Crippen molar-refractivity contribution in [1.29, 1.82) is 0 Å². The average molecular weight is 316 g/mol. The summed E-state index contributed by atoms with van der Waals surface area (Å²) >= 11 is 0. The molecule has 2 bridgehead atoms. The van der Waals surface area contributed by atoms with Crippen molar-refractivity contribution >= 4 is 17.0 Å². The molecule has 23 heavy (non-hydrogen) atoms. The van der Waals surface area contributed by atoms with Gasteiger partial charge >= 0.3 is 0 Å². The summed E-state index contributed by atoms with van der Waals surface area (Å²) in [4.78, 5) is 11.3. The standard InChI is InChI=1S/C16H22N5O2/c1-16(2)22-12-9-5-10(13(12)23-16)21-8-17-11-14(19(3)4)18-7-20(6-9)15(11)21/h7-10,12-13H,5-6H2,1-4H3/q+1/t9-,10-,12-,13+/m1/s1. The summed E-state index contributed by atoms with van der Waals surface area (Å²) in [5, 5.41) is 0. The van der Waals surface area contributed by atoms with Gasteiger partial charge in [0.2, 0.25) is 12.1 Å². The van der Waals surface area contributed by atoms with Gasteiger partial charge in [0.05, 0.1) is 12.6 Å². The highest BCUT2D eigenvalue weighted by atomic mass is 16.8. The fraction of sp³-hybridized carbons (Fsp3) is 0.688. The quantitative estimate of drug-likeness (QED) is 0.731. The lowest BCUT2D eigenvalue weighted by Gasteiger charge is -2.21. The molecule has 5 rings (SSSR count). The van der Waals surface area contributed by atoms with Gasteiger partial charge in [0.25, 0.3) is 5.65 Å². The minimum absolute atomic E-state index is 0.108. The monoisotopic (exact) mass is 316 g/mol. The Kier molecular flexibility index (Phi) is 2.51. The molecule has 0 aromatic carbocycles. The van der Waals surface area contributed by atoms with Gasteiger partial charge in [-0.3, -0.25) is 0 Å². The number of aromatic nitrogens is 4. The molecule has 2 fully saturated rings. The van der Waals surface area contributed by atoms with E-state index in [1.54, 1.807) is 0 Å². The number of nitrogens with zero attached hydrogens (tertiary/aromatic N) is 5. The molecule has 1 saturated heterocycles. The third kappa shape index (κ3) is 1.74. The highest BCUT2D eigenvalue weighted by molar-refractivity contribution is 5.81. The topological polar surface area (TPSA) is 56.3 Å². The third-order valence-corrected chi connectivity index (χ3v) is 5.33. The van der Waals surface area contributed by atoms with Crippen LogP contribution >= 0.6 is 0 Å². The van der Waals surface area contributed by atoms with Crippen LogP contribution in [0.25, 0.3) is 11.2 Å². The molecular weight excluding hydrogens is 294 g/mol. The van der Waals surface area contributed by atoms with Crippen molar-refractivity contribution in [3.63, 3.8) is 0 Å². The number of anilines is 1. The second-order valence-electron chi connectivity index (χ2n) is 7.57. The number of fused-ring (bicyclic) bond motifs is 6. The van der Waals surface area contributed by atoms with Gasteiger partial charge in [-0.05, 0) is 20.3 Å². The van der Waals surface area contributed by atoms with Crippen molar-refractivity contribution in [2.24, 2.45) is 5.92 Å². The first kappa shape index (κ1) is 13.7. The molecule has 0 radical (unpaired) electrons. The summed E-state index contributed by atoms with van der Waals surface area (Å²) in [7, 11) is 4.01. The Morgan fingerprint density at radius 2 is 2.04 bits per heavy atom. The minimum Gasteiger partial charge on any atom is -0.347 e. The Bertz CT molecular complexity index is 799. The van der Waals surface area contributed by atoms with Crippen LogP contribution in [-0.4, -0.2) is 46.6 Å². The zero-order chi connectivity index (χ0) is 15.9. The molecule has 7 heteroatoms. The van der Waals surface area contributed by atoms with Crippen molar-refractivity contribution < 1.29 is 14.0 Å². The van der Waals surface area contributed by atoms with E-state index in [1.807, 2.05) is 45.5 Å². The van der Waals surface area contributed by atoms with Crippen molar-refractivity contribution in [3.05, 3.63) is 12.7 Å².